The molecule has 0 aliphatic rings. The van der Waals surface area contributed by atoms with Gasteiger partial charge in [-0.15, -0.1) is 24.0 Å². The van der Waals surface area contributed by atoms with Gasteiger partial charge in [-0.3, -0.25) is 4.99 Å². The summed E-state index contributed by atoms with van der Waals surface area (Å²) in [6, 6.07) is 6.06. The van der Waals surface area contributed by atoms with Crippen LogP contribution < -0.4 is 20.1 Å². The van der Waals surface area contributed by atoms with Gasteiger partial charge in [0.1, 0.15) is 11.5 Å². The Balaban J connectivity index is 0.00000392. The fourth-order valence-electron chi connectivity index (χ4n) is 2.73. The summed E-state index contributed by atoms with van der Waals surface area (Å²) in [4.78, 5) is 7.76. The Bertz CT molecular complexity index is 777. The number of guanidine groups is 1. The molecule has 0 bridgehead atoms. The number of hydrogen-bond donors (Lipinski definition) is 3. The molecule has 0 amide bonds. The number of ether oxygens (including phenoxy) is 2. The molecule has 6 nitrogen and oxygen atoms in total. The maximum absolute atomic E-state index is 5.48. The quantitative estimate of drug-likeness (QED) is 0.202. The minimum absolute atomic E-state index is 0. The Labute approximate surface area is 189 Å². The predicted molar refractivity (Wildman–Crippen MR) is 132 cm³/mol. The van der Waals surface area contributed by atoms with Crippen LogP contribution in [0.15, 0.2) is 23.2 Å². The summed E-state index contributed by atoms with van der Waals surface area (Å²) in [6.07, 6.45) is 4.07. The maximum atomic E-state index is 5.48. The molecule has 1 heterocycles. The first kappa shape index (κ1) is 24.7. The van der Waals surface area contributed by atoms with Gasteiger partial charge in [-0.1, -0.05) is 0 Å². The van der Waals surface area contributed by atoms with Gasteiger partial charge in [0.05, 0.1) is 19.7 Å². The van der Waals surface area contributed by atoms with Crippen molar-refractivity contribution in [3.63, 3.8) is 0 Å². The first-order chi connectivity index (χ1) is 12.9. The van der Waals surface area contributed by atoms with Crippen LogP contribution in [0.2, 0.25) is 0 Å². The van der Waals surface area contributed by atoms with Crippen molar-refractivity contribution in [3.8, 4) is 11.5 Å². The van der Waals surface area contributed by atoms with Crippen LogP contribution in [-0.4, -0.2) is 56.3 Å². The maximum Gasteiger partial charge on any atom is 0.191 e. The van der Waals surface area contributed by atoms with Crippen LogP contribution in [0.25, 0.3) is 10.9 Å². The number of H-pyrrole nitrogens is 1. The van der Waals surface area contributed by atoms with Gasteiger partial charge in [0.25, 0.3) is 0 Å². The van der Waals surface area contributed by atoms with E-state index < -0.39 is 0 Å². The molecule has 0 saturated heterocycles. The molecule has 0 aliphatic carbocycles. The number of methoxy groups -OCH3 is 2. The highest BCUT2D eigenvalue weighted by molar-refractivity contribution is 14.0. The molecule has 0 atom stereocenters. The van der Waals surface area contributed by atoms with E-state index in [0.717, 1.165) is 54.3 Å². The van der Waals surface area contributed by atoms with Crippen molar-refractivity contribution < 1.29 is 9.47 Å². The number of aromatic nitrogens is 1. The Hall–Kier alpha value is -1.29. The Morgan fingerprint density at radius 2 is 1.93 bits per heavy atom. The number of rotatable bonds is 9. The van der Waals surface area contributed by atoms with Gasteiger partial charge in [-0.25, -0.2) is 0 Å². The second kappa shape index (κ2) is 11.6. The molecule has 0 unspecified atom stereocenters. The summed E-state index contributed by atoms with van der Waals surface area (Å²) in [7, 11) is 5.15. The molecular weight excluding hydrogens is 487 g/mol. The van der Waals surface area contributed by atoms with E-state index in [9.17, 15) is 0 Å². The third-order valence-corrected chi connectivity index (χ3v) is 5.81. The van der Waals surface area contributed by atoms with Crippen molar-refractivity contribution in [2.24, 2.45) is 4.99 Å². The molecule has 1 aromatic carbocycles. The summed E-state index contributed by atoms with van der Waals surface area (Å²) in [5, 5.41) is 7.85. The van der Waals surface area contributed by atoms with Crippen LogP contribution in [0.5, 0.6) is 11.5 Å². The Morgan fingerprint density at radius 3 is 2.54 bits per heavy atom. The third kappa shape index (κ3) is 6.95. The normalized spacial score (nSPS) is 11.9. The molecule has 28 heavy (non-hydrogen) atoms. The smallest absolute Gasteiger partial charge is 0.191 e. The SMILES string of the molecule is CN=C(NCCCc1cc2c(OC)cc(OC)cc2[nH]1)NCC(C)(C)SC.I. The van der Waals surface area contributed by atoms with Crippen molar-refractivity contribution in [3.05, 3.63) is 23.9 Å². The van der Waals surface area contributed by atoms with Gasteiger partial charge in [-0.2, -0.15) is 11.8 Å². The number of nitrogens with zero attached hydrogens (tertiary/aromatic N) is 1. The first-order valence-corrected chi connectivity index (χ1v) is 10.4. The number of aryl methyl sites for hydroxylation is 1. The van der Waals surface area contributed by atoms with Gasteiger partial charge in [0, 0.05) is 48.1 Å². The molecular formula is C20H33IN4O2S. The highest BCUT2D eigenvalue weighted by atomic mass is 127. The molecule has 0 radical (unpaired) electrons. The zero-order valence-electron chi connectivity index (χ0n) is 17.6. The molecule has 0 aliphatic heterocycles. The number of fused-ring (bicyclic) bond motifs is 1. The number of hydrogen-bond acceptors (Lipinski definition) is 4. The largest absolute Gasteiger partial charge is 0.497 e. The molecule has 2 aromatic rings. The summed E-state index contributed by atoms with van der Waals surface area (Å²) in [5.74, 6) is 2.46. The van der Waals surface area contributed by atoms with Crippen molar-refractivity contribution in [2.45, 2.75) is 31.4 Å². The van der Waals surface area contributed by atoms with Gasteiger partial charge in [0.2, 0.25) is 0 Å². The molecule has 158 valence electrons. The summed E-state index contributed by atoms with van der Waals surface area (Å²) >= 11 is 1.84. The van der Waals surface area contributed by atoms with Crippen molar-refractivity contribution in [1.29, 1.82) is 0 Å². The van der Waals surface area contributed by atoms with Crippen LogP contribution in [0.4, 0.5) is 0 Å². The molecule has 1 aromatic heterocycles. The zero-order chi connectivity index (χ0) is 19.9. The fraction of sp³-hybridized carbons (Fsp3) is 0.550. The second-order valence-electron chi connectivity index (χ2n) is 7.01. The number of thioether (sulfide) groups is 1. The van der Waals surface area contributed by atoms with E-state index in [1.165, 1.54) is 5.69 Å². The lowest BCUT2D eigenvalue weighted by molar-refractivity contribution is 0.398. The van der Waals surface area contributed by atoms with Gasteiger partial charge >= 0.3 is 0 Å². The Morgan fingerprint density at radius 1 is 1.18 bits per heavy atom. The highest BCUT2D eigenvalue weighted by Crippen LogP contribution is 2.31. The lowest BCUT2D eigenvalue weighted by atomic mass is 10.2. The fourth-order valence-corrected chi connectivity index (χ4v) is 2.95. The summed E-state index contributed by atoms with van der Waals surface area (Å²) < 4.78 is 11.0. The van der Waals surface area contributed by atoms with Crippen molar-refractivity contribution in [2.75, 3.05) is 40.6 Å². The van der Waals surface area contributed by atoms with Gasteiger partial charge in [0.15, 0.2) is 5.96 Å². The minimum Gasteiger partial charge on any atom is -0.497 e. The predicted octanol–water partition coefficient (Wildman–Crippen LogP) is 4.04. The van der Waals surface area contributed by atoms with Gasteiger partial charge in [-0.05, 0) is 39.0 Å². The summed E-state index contributed by atoms with van der Waals surface area (Å²) in [6.45, 7) is 6.17. The lowest BCUT2D eigenvalue weighted by Gasteiger charge is -2.23. The average molecular weight is 520 g/mol. The molecule has 2 rings (SSSR count). The number of aromatic amines is 1. The standard InChI is InChI=1S/C20H32N4O2S.HI/c1-20(2,27-6)13-23-19(21-3)22-9-7-8-14-10-16-17(24-14)11-15(25-4)12-18(16)26-5;/h10-12,24H,7-9,13H2,1-6H3,(H2,21,22,23);1H. The van der Waals surface area contributed by atoms with Crippen molar-refractivity contribution in [1.82, 2.24) is 15.6 Å². The van der Waals surface area contributed by atoms with E-state index in [4.69, 9.17) is 9.47 Å². The molecule has 0 spiro atoms. The molecule has 0 saturated carbocycles. The molecule has 8 heteroatoms. The van der Waals surface area contributed by atoms with E-state index in [0.29, 0.717) is 0 Å². The molecule has 3 N–H and O–H groups in total. The highest BCUT2D eigenvalue weighted by Gasteiger charge is 2.16. The van der Waals surface area contributed by atoms with Crippen molar-refractivity contribution >= 4 is 52.6 Å². The summed E-state index contributed by atoms with van der Waals surface area (Å²) in [5.41, 5.74) is 2.22. The number of aliphatic imine (C=N–C) groups is 1. The topological polar surface area (TPSA) is 70.7 Å². The number of nitrogens with one attached hydrogen (secondary N) is 3. The van der Waals surface area contributed by atoms with Crippen LogP contribution >= 0.6 is 35.7 Å². The zero-order valence-corrected chi connectivity index (χ0v) is 20.8. The van der Waals surface area contributed by atoms with E-state index in [-0.39, 0.29) is 28.7 Å². The van der Waals surface area contributed by atoms with Crippen LogP contribution in [-0.2, 0) is 6.42 Å². The minimum atomic E-state index is 0. The average Bonchev–Trinajstić information content (AvgIpc) is 3.09. The number of benzene rings is 1. The van der Waals surface area contributed by atoms with E-state index >= 15 is 0 Å². The van der Waals surface area contributed by atoms with E-state index in [1.807, 2.05) is 23.9 Å². The first-order valence-electron chi connectivity index (χ1n) is 9.15. The van der Waals surface area contributed by atoms with Gasteiger partial charge < -0.3 is 25.1 Å². The Kier molecular flexibility index (Phi) is 10.3. The number of halogens is 1. The monoisotopic (exact) mass is 520 g/mol. The second-order valence-corrected chi connectivity index (χ2v) is 8.52. The third-order valence-electron chi connectivity index (χ3n) is 4.56. The van der Waals surface area contributed by atoms with E-state index in [1.54, 1.807) is 21.3 Å². The lowest BCUT2D eigenvalue weighted by Crippen LogP contribution is -2.43. The van der Waals surface area contributed by atoms with Crippen LogP contribution in [0.3, 0.4) is 0 Å². The molecule has 0 fully saturated rings. The van der Waals surface area contributed by atoms with Crippen LogP contribution in [0.1, 0.15) is 26.0 Å². The van der Waals surface area contributed by atoms with E-state index in [2.05, 4.69) is 46.8 Å². The van der Waals surface area contributed by atoms with Crippen LogP contribution in [0, 0.1) is 0 Å².